The van der Waals surface area contributed by atoms with E-state index in [4.69, 9.17) is 9.47 Å². The van der Waals surface area contributed by atoms with Gasteiger partial charge in [-0.3, -0.25) is 24.1 Å². The summed E-state index contributed by atoms with van der Waals surface area (Å²) in [6.07, 6.45) is 0.231. The smallest absolute Gasteiger partial charge is 0.308 e. The Kier molecular flexibility index (Phi) is 7.86. The zero-order chi connectivity index (χ0) is 24.2. The fraction of sp³-hybridized carbons (Fsp3) is 0.583. The van der Waals surface area contributed by atoms with Crippen molar-refractivity contribution in [3.05, 3.63) is 24.3 Å². The SMILES string of the molecule is CC(=O)Oc1ccc(N2C(=O)CC(N(CCN3CCOCC3)C(=O)CC(C)(C)C)C2=O)cc1. The number of nitrogens with zero attached hydrogens (tertiary/aromatic N) is 3. The maximum Gasteiger partial charge on any atom is 0.308 e. The molecule has 0 spiro atoms. The summed E-state index contributed by atoms with van der Waals surface area (Å²) in [6.45, 7) is 11.1. The second-order valence-corrected chi connectivity index (χ2v) is 9.65. The van der Waals surface area contributed by atoms with Crippen molar-refractivity contribution in [3.63, 3.8) is 0 Å². The third-order valence-electron chi connectivity index (χ3n) is 5.62. The molecule has 2 fully saturated rings. The number of imide groups is 1. The van der Waals surface area contributed by atoms with E-state index >= 15 is 0 Å². The maximum absolute atomic E-state index is 13.3. The van der Waals surface area contributed by atoms with Gasteiger partial charge in [-0.15, -0.1) is 0 Å². The van der Waals surface area contributed by atoms with Gasteiger partial charge in [-0.2, -0.15) is 0 Å². The van der Waals surface area contributed by atoms with E-state index in [-0.39, 0.29) is 30.1 Å². The predicted molar refractivity (Wildman–Crippen MR) is 122 cm³/mol. The van der Waals surface area contributed by atoms with E-state index in [1.54, 1.807) is 17.0 Å². The minimum atomic E-state index is -0.832. The number of hydrogen-bond donors (Lipinski definition) is 0. The molecule has 180 valence electrons. The molecule has 1 unspecified atom stereocenters. The zero-order valence-corrected chi connectivity index (χ0v) is 19.8. The monoisotopic (exact) mass is 459 g/mol. The molecule has 9 nitrogen and oxygen atoms in total. The zero-order valence-electron chi connectivity index (χ0n) is 19.8. The average molecular weight is 460 g/mol. The van der Waals surface area contributed by atoms with Crippen LogP contribution in [0.15, 0.2) is 24.3 Å². The number of ether oxygens (including phenoxy) is 2. The lowest BCUT2D eigenvalue weighted by Crippen LogP contribution is -2.50. The summed E-state index contributed by atoms with van der Waals surface area (Å²) < 4.78 is 10.4. The molecule has 2 aliphatic rings. The topological polar surface area (TPSA) is 96.5 Å². The lowest BCUT2D eigenvalue weighted by Gasteiger charge is -2.33. The molecule has 0 aliphatic carbocycles. The molecular formula is C24H33N3O6. The molecule has 0 saturated carbocycles. The van der Waals surface area contributed by atoms with Gasteiger partial charge in [0.2, 0.25) is 11.8 Å². The molecule has 3 amide bonds. The van der Waals surface area contributed by atoms with Crippen molar-refractivity contribution in [3.8, 4) is 5.75 Å². The van der Waals surface area contributed by atoms with Gasteiger partial charge < -0.3 is 14.4 Å². The second-order valence-electron chi connectivity index (χ2n) is 9.65. The third kappa shape index (κ3) is 6.61. The number of anilines is 1. The van der Waals surface area contributed by atoms with E-state index in [0.717, 1.165) is 18.0 Å². The van der Waals surface area contributed by atoms with Gasteiger partial charge in [0.25, 0.3) is 5.91 Å². The Hall–Kier alpha value is -2.78. The summed E-state index contributed by atoms with van der Waals surface area (Å²) in [4.78, 5) is 55.4. The quantitative estimate of drug-likeness (QED) is 0.349. The Morgan fingerprint density at radius 2 is 1.76 bits per heavy atom. The number of rotatable bonds is 7. The van der Waals surface area contributed by atoms with Gasteiger partial charge in [0.05, 0.1) is 25.3 Å². The van der Waals surface area contributed by atoms with Gasteiger partial charge in [-0.05, 0) is 29.7 Å². The van der Waals surface area contributed by atoms with Crippen molar-refractivity contribution in [1.82, 2.24) is 9.80 Å². The van der Waals surface area contributed by atoms with Crippen LogP contribution in [0.25, 0.3) is 0 Å². The first kappa shape index (κ1) is 24.9. The number of morpholine rings is 1. The molecule has 1 atom stereocenters. The van der Waals surface area contributed by atoms with Crippen molar-refractivity contribution in [1.29, 1.82) is 0 Å². The summed E-state index contributed by atoms with van der Waals surface area (Å²) >= 11 is 0. The first-order valence-electron chi connectivity index (χ1n) is 11.3. The van der Waals surface area contributed by atoms with Crippen molar-refractivity contribution in [2.45, 2.75) is 46.6 Å². The molecule has 0 aromatic heterocycles. The van der Waals surface area contributed by atoms with Crippen LogP contribution in [0.1, 0.15) is 40.5 Å². The minimum absolute atomic E-state index is 0.0521. The van der Waals surface area contributed by atoms with Crippen LogP contribution >= 0.6 is 0 Å². The van der Waals surface area contributed by atoms with Crippen LogP contribution in [0.4, 0.5) is 5.69 Å². The van der Waals surface area contributed by atoms with Crippen LogP contribution in [0.2, 0.25) is 0 Å². The van der Waals surface area contributed by atoms with Crippen LogP contribution < -0.4 is 9.64 Å². The highest BCUT2D eigenvalue weighted by atomic mass is 16.5. The Balaban J connectivity index is 1.77. The van der Waals surface area contributed by atoms with Gasteiger partial charge in [0.15, 0.2) is 0 Å². The molecule has 33 heavy (non-hydrogen) atoms. The van der Waals surface area contributed by atoms with E-state index in [0.29, 0.717) is 37.7 Å². The maximum atomic E-state index is 13.3. The number of hydrogen-bond acceptors (Lipinski definition) is 7. The van der Waals surface area contributed by atoms with E-state index in [9.17, 15) is 19.2 Å². The van der Waals surface area contributed by atoms with E-state index in [2.05, 4.69) is 4.90 Å². The highest BCUT2D eigenvalue weighted by Crippen LogP contribution is 2.29. The summed E-state index contributed by atoms with van der Waals surface area (Å²) in [5.74, 6) is -1.03. The molecule has 1 aromatic carbocycles. The van der Waals surface area contributed by atoms with Crippen LogP contribution in [0, 0.1) is 5.41 Å². The van der Waals surface area contributed by atoms with Crippen molar-refractivity contribution in [2.75, 3.05) is 44.3 Å². The van der Waals surface area contributed by atoms with Crippen LogP contribution in [0.3, 0.4) is 0 Å². The second kappa shape index (κ2) is 10.4. The van der Waals surface area contributed by atoms with Crippen LogP contribution in [-0.2, 0) is 23.9 Å². The fourth-order valence-electron chi connectivity index (χ4n) is 4.04. The minimum Gasteiger partial charge on any atom is -0.427 e. The van der Waals surface area contributed by atoms with Gasteiger partial charge >= 0.3 is 5.97 Å². The normalized spacial score (nSPS) is 19.6. The highest BCUT2D eigenvalue weighted by molar-refractivity contribution is 6.23. The Morgan fingerprint density at radius 3 is 2.33 bits per heavy atom. The number of carbonyl (C=O) groups excluding carboxylic acids is 4. The van der Waals surface area contributed by atoms with Gasteiger partial charge in [-0.1, -0.05) is 20.8 Å². The molecule has 3 rings (SSSR count). The third-order valence-corrected chi connectivity index (χ3v) is 5.62. The molecule has 0 radical (unpaired) electrons. The van der Waals surface area contributed by atoms with E-state index in [1.165, 1.54) is 19.1 Å². The van der Waals surface area contributed by atoms with Crippen molar-refractivity contribution < 1.29 is 28.7 Å². The molecular weight excluding hydrogens is 426 g/mol. The number of benzene rings is 1. The van der Waals surface area contributed by atoms with Gasteiger partial charge in [0, 0.05) is 39.5 Å². The summed E-state index contributed by atoms with van der Waals surface area (Å²) in [6, 6.07) is 5.36. The first-order chi connectivity index (χ1) is 15.5. The van der Waals surface area contributed by atoms with Crippen LogP contribution in [0.5, 0.6) is 5.75 Å². The van der Waals surface area contributed by atoms with E-state index < -0.39 is 17.9 Å². The molecule has 0 bridgehead atoms. The molecule has 2 aliphatic heterocycles. The molecule has 0 N–H and O–H groups in total. The summed E-state index contributed by atoms with van der Waals surface area (Å²) in [7, 11) is 0. The number of amides is 3. The fourth-order valence-corrected chi connectivity index (χ4v) is 4.04. The van der Waals surface area contributed by atoms with Gasteiger partial charge in [-0.25, -0.2) is 4.90 Å². The van der Waals surface area contributed by atoms with Crippen molar-refractivity contribution >= 4 is 29.4 Å². The summed E-state index contributed by atoms with van der Waals surface area (Å²) in [5.41, 5.74) is 0.145. The molecule has 9 heteroatoms. The number of carbonyl (C=O) groups is 4. The Labute approximate surface area is 194 Å². The predicted octanol–water partition coefficient (Wildman–Crippen LogP) is 1.84. The Morgan fingerprint density at radius 1 is 1.12 bits per heavy atom. The van der Waals surface area contributed by atoms with Crippen molar-refractivity contribution in [2.24, 2.45) is 5.41 Å². The highest BCUT2D eigenvalue weighted by Gasteiger charge is 2.44. The molecule has 2 heterocycles. The Bertz CT molecular complexity index is 886. The molecule has 1 aromatic rings. The van der Waals surface area contributed by atoms with Crippen LogP contribution in [-0.4, -0.2) is 78.9 Å². The average Bonchev–Trinajstić information content (AvgIpc) is 3.02. The largest absolute Gasteiger partial charge is 0.427 e. The summed E-state index contributed by atoms with van der Waals surface area (Å²) in [5, 5.41) is 0. The lowest BCUT2D eigenvalue weighted by molar-refractivity contribution is -0.140. The number of esters is 1. The standard InChI is InChI=1S/C24H33N3O6/c1-17(28)33-19-7-5-18(6-8-19)27-21(29)15-20(23(27)31)26(22(30)16-24(2,3)4)10-9-25-11-13-32-14-12-25/h5-8,20H,9-16H2,1-4H3. The first-order valence-corrected chi connectivity index (χ1v) is 11.3. The molecule has 2 saturated heterocycles. The van der Waals surface area contributed by atoms with Gasteiger partial charge in [0.1, 0.15) is 11.8 Å². The van der Waals surface area contributed by atoms with E-state index in [1.807, 2.05) is 20.8 Å². The lowest BCUT2D eigenvalue weighted by atomic mass is 9.91.